The lowest BCUT2D eigenvalue weighted by Gasteiger charge is -2.38. The zero-order valence-corrected chi connectivity index (χ0v) is 13.9. The number of hydrogen-bond donors (Lipinski definition) is 1. The van der Waals surface area contributed by atoms with Gasteiger partial charge in [-0.2, -0.15) is 0 Å². The van der Waals surface area contributed by atoms with E-state index in [1.165, 1.54) is 7.11 Å². The van der Waals surface area contributed by atoms with Gasteiger partial charge in [0.15, 0.2) is 0 Å². The van der Waals surface area contributed by atoms with Crippen molar-refractivity contribution in [2.45, 2.75) is 52.5 Å². The summed E-state index contributed by atoms with van der Waals surface area (Å²) in [6.45, 7) is 8.81. The van der Waals surface area contributed by atoms with Crippen LogP contribution in [0.3, 0.4) is 0 Å². The van der Waals surface area contributed by atoms with Gasteiger partial charge in [0.1, 0.15) is 0 Å². The Balaban J connectivity index is 2.60. The lowest BCUT2D eigenvalue weighted by Crippen LogP contribution is -2.52. The van der Waals surface area contributed by atoms with E-state index in [0.717, 1.165) is 38.9 Å². The topological polar surface area (TPSA) is 58.6 Å². The zero-order valence-electron chi connectivity index (χ0n) is 13.9. The van der Waals surface area contributed by atoms with Crippen molar-refractivity contribution in [3.63, 3.8) is 0 Å². The Kier molecular flexibility index (Phi) is 7.72. The highest BCUT2D eigenvalue weighted by Gasteiger charge is 2.29. The molecule has 1 rings (SSSR count). The highest BCUT2D eigenvalue weighted by molar-refractivity contribution is 5.78. The molecule has 2 unspecified atom stereocenters. The van der Waals surface area contributed by atoms with E-state index in [4.69, 9.17) is 4.74 Å². The molecule has 1 amide bonds. The zero-order chi connectivity index (χ0) is 15.8. The third-order valence-electron chi connectivity index (χ3n) is 3.99. The number of esters is 1. The van der Waals surface area contributed by atoms with Gasteiger partial charge in [0, 0.05) is 31.5 Å². The maximum absolute atomic E-state index is 11.9. The van der Waals surface area contributed by atoms with Crippen LogP contribution in [0.25, 0.3) is 0 Å². The van der Waals surface area contributed by atoms with Gasteiger partial charge in [0.05, 0.1) is 7.11 Å². The Morgan fingerprint density at radius 3 is 2.62 bits per heavy atom. The first kappa shape index (κ1) is 18.0. The molecular formula is C16H30N2O3. The Bertz CT molecular complexity index is 344. The molecule has 0 spiro atoms. The number of methoxy groups -OCH3 is 1. The van der Waals surface area contributed by atoms with Gasteiger partial charge in [-0.25, -0.2) is 0 Å². The van der Waals surface area contributed by atoms with Crippen molar-refractivity contribution in [3.05, 3.63) is 0 Å². The number of amides is 1. The molecule has 1 N–H and O–H groups in total. The SMILES string of the molecule is CCCCN1CC(CC(=O)OC)CC(NC(=O)C(C)C)C1. The van der Waals surface area contributed by atoms with Crippen LogP contribution in [0.4, 0.5) is 0 Å². The van der Waals surface area contributed by atoms with Gasteiger partial charge in [0.25, 0.3) is 0 Å². The minimum atomic E-state index is -0.161. The average Bonchev–Trinajstić information content (AvgIpc) is 2.44. The molecule has 0 bridgehead atoms. The first-order valence-electron chi connectivity index (χ1n) is 8.05. The number of hydrogen-bond acceptors (Lipinski definition) is 4. The predicted octanol–water partition coefficient (Wildman–Crippen LogP) is 1.81. The summed E-state index contributed by atoms with van der Waals surface area (Å²) in [7, 11) is 1.43. The number of carbonyl (C=O) groups is 2. The van der Waals surface area contributed by atoms with E-state index < -0.39 is 0 Å². The molecule has 5 nitrogen and oxygen atoms in total. The summed E-state index contributed by atoms with van der Waals surface area (Å²) < 4.78 is 4.78. The molecule has 1 aliphatic rings. The normalized spacial score (nSPS) is 23.1. The van der Waals surface area contributed by atoms with Crippen LogP contribution < -0.4 is 5.32 Å². The molecule has 0 saturated carbocycles. The number of likely N-dealkylation sites (tertiary alicyclic amines) is 1. The second-order valence-corrected chi connectivity index (χ2v) is 6.36. The highest BCUT2D eigenvalue weighted by atomic mass is 16.5. The number of unbranched alkanes of at least 4 members (excludes halogenated alkanes) is 1. The van der Waals surface area contributed by atoms with Crippen molar-refractivity contribution in [2.75, 3.05) is 26.7 Å². The van der Waals surface area contributed by atoms with Gasteiger partial charge >= 0.3 is 5.97 Å². The molecule has 0 aliphatic carbocycles. The van der Waals surface area contributed by atoms with Crippen LogP contribution in [0.15, 0.2) is 0 Å². The summed E-state index contributed by atoms with van der Waals surface area (Å²) in [4.78, 5) is 25.8. The van der Waals surface area contributed by atoms with Gasteiger partial charge < -0.3 is 15.0 Å². The van der Waals surface area contributed by atoms with Crippen molar-refractivity contribution < 1.29 is 14.3 Å². The first-order valence-corrected chi connectivity index (χ1v) is 8.05. The van der Waals surface area contributed by atoms with Gasteiger partial charge in [-0.15, -0.1) is 0 Å². The van der Waals surface area contributed by atoms with E-state index in [-0.39, 0.29) is 29.8 Å². The summed E-state index contributed by atoms with van der Waals surface area (Å²) in [5, 5.41) is 3.11. The molecule has 0 aromatic carbocycles. The van der Waals surface area contributed by atoms with Gasteiger partial charge in [-0.05, 0) is 25.3 Å². The second-order valence-electron chi connectivity index (χ2n) is 6.36. The van der Waals surface area contributed by atoms with Gasteiger partial charge in [-0.1, -0.05) is 27.2 Å². The largest absolute Gasteiger partial charge is 0.469 e. The van der Waals surface area contributed by atoms with E-state index in [9.17, 15) is 9.59 Å². The van der Waals surface area contributed by atoms with E-state index in [1.807, 2.05) is 13.8 Å². The fraction of sp³-hybridized carbons (Fsp3) is 0.875. The lowest BCUT2D eigenvalue weighted by molar-refractivity contribution is -0.142. The fourth-order valence-corrected chi connectivity index (χ4v) is 2.81. The predicted molar refractivity (Wildman–Crippen MR) is 82.9 cm³/mol. The standard InChI is InChI=1S/C16H30N2O3/c1-5-6-7-18-10-13(9-15(19)21-4)8-14(11-18)17-16(20)12(2)3/h12-14H,5-11H2,1-4H3,(H,17,20). The monoisotopic (exact) mass is 298 g/mol. The maximum Gasteiger partial charge on any atom is 0.305 e. The smallest absolute Gasteiger partial charge is 0.305 e. The fourth-order valence-electron chi connectivity index (χ4n) is 2.81. The molecular weight excluding hydrogens is 268 g/mol. The number of carbonyl (C=O) groups excluding carboxylic acids is 2. The molecule has 1 fully saturated rings. The van der Waals surface area contributed by atoms with E-state index >= 15 is 0 Å². The van der Waals surface area contributed by atoms with Crippen LogP contribution in [0.2, 0.25) is 0 Å². The number of piperidine rings is 1. The molecule has 1 heterocycles. The number of nitrogens with zero attached hydrogens (tertiary/aromatic N) is 1. The molecule has 0 radical (unpaired) electrons. The number of ether oxygens (including phenoxy) is 1. The molecule has 0 aromatic rings. The summed E-state index contributed by atoms with van der Waals surface area (Å²) in [6, 6.07) is 0.139. The molecule has 1 saturated heterocycles. The molecule has 0 aromatic heterocycles. The molecule has 2 atom stereocenters. The van der Waals surface area contributed by atoms with Crippen molar-refractivity contribution in [1.29, 1.82) is 0 Å². The Morgan fingerprint density at radius 1 is 1.33 bits per heavy atom. The van der Waals surface area contributed by atoms with Crippen LogP contribution in [0.1, 0.15) is 46.5 Å². The second kappa shape index (κ2) is 9.03. The number of rotatable bonds is 7. The van der Waals surface area contributed by atoms with Crippen LogP contribution in [0.5, 0.6) is 0 Å². The van der Waals surface area contributed by atoms with E-state index in [2.05, 4.69) is 17.1 Å². The van der Waals surface area contributed by atoms with Crippen molar-refractivity contribution >= 4 is 11.9 Å². The number of nitrogens with one attached hydrogen (secondary N) is 1. The lowest BCUT2D eigenvalue weighted by atomic mass is 9.91. The first-order chi connectivity index (χ1) is 9.96. The minimum absolute atomic E-state index is 0.00456. The molecule has 122 valence electrons. The van der Waals surface area contributed by atoms with Crippen LogP contribution >= 0.6 is 0 Å². The Labute approximate surface area is 128 Å². The summed E-state index contributed by atoms with van der Waals surface area (Å²) >= 11 is 0. The minimum Gasteiger partial charge on any atom is -0.469 e. The summed E-state index contributed by atoms with van der Waals surface area (Å²) in [5.74, 6) is 0.191. The van der Waals surface area contributed by atoms with E-state index in [1.54, 1.807) is 0 Å². The van der Waals surface area contributed by atoms with E-state index in [0.29, 0.717) is 6.42 Å². The summed E-state index contributed by atoms with van der Waals surface area (Å²) in [6.07, 6.45) is 3.60. The maximum atomic E-state index is 11.9. The third-order valence-corrected chi connectivity index (χ3v) is 3.99. The highest BCUT2D eigenvalue weighted by Crippen LogP contribution is 2.21. The Morgan fingerprint density at radius 2 is 2.05 bits per heavy atom. The summed E-state index contributed by atoms with van der Waals surface area (Å²) in [5.41, 5.74) is 0. The van der Waals surface area contributed by atoms with Crippen LogP contribution in [-0.2, 0) is 14.3 Å². The quantitative estimate of drug-likeness (QED) is 0.728. The van der Waals surface area contributed by atoms with Gasteiger partial charge in [0.2, 0.25) is 5.91 Å². The average molecular weight is 298 g/mol. The molecule has 21 heavy (non-hydrogen) atoms. The third kappa shape index (κ3) is 6.46. The molecule has 5 heteroatoms. The van der Waals surface area contributed by atoms with Crippen LogP contribution in [-0.4, -0.2) is 49.6 Å². The van der Waals surface area contributed by atoms with Crippen molar-refractivity contribution in [1.82, 2.24) is 10.2 Å². The van der Waals surface area contributed by atoms with Crippen LogP contribution in [0, 0.1) is 11.8 Å². The molecule has 1 aliphatic heterocycles. The van der Waals surface area contributed by atoms with Crippen molar-refractivity contribution in [2.24, 2.45) is 11.8 Å². The Hall–Kier alpha value is -1.10. The van der Waals surface area contributed by atoms with Crippen molar-refractivity contribution in [3.8, 4) is 0 Å². The van der Waals surface area contributed by atoms with Gasteiger partial charge in [-0.3, -0.25) is 9.59 Å².